The van der Waals surface area contributed by atoms with Gasteiger partial charge < -0.3 is 10.1 Å². The van der Waals surface area contributed by atoms with E-state index in [9.17, 15) is 0 Å². The second kappa shape index (κ2) is 7.27. The van der Waals surface area contributed by atoms with Gasteiger partial charge in [-0.15, -0.1) is 0 Å². The maximum absolute atomic E-state index is 5.45. The van der Waals surface area contributed by atoms with Crippen molar-refractivity contribution in [3.05, 3.63) is 47.3 Å². The average Bonchev–Trinajstić information content (AvgIpc) is 2.86. The Morgan fingerprint density at radius 1 is 1.33 bits per heavy atom. The summed E-state index contributed by atoms with van der Waals surface area (Å²) >= 11 is 0. The highest BCUT2D eigenvalue weighted by Crippen LogP contribution is 2.28. The molecule has 1 unspecified atom stereocenters. The Morgan fingerprint density at radius 3 is 2.76 bits per heavy atom. The summed E-state index contributed by atoms with van der Waals surface area (Å²) in [5, 5.41) is 7.86. The summed E-state index contributed by atoms with van der Waals surface area (Å²) in [6, 6.07) is 8.82. The molecule has 1 heterocycles. The molecule has 0 saturated heterocycles. The predicted octanol–water partition coefficient (Wildman–Crippen LogP) is 3.02. The lowest BCUT2D eigenvalue weighted by molar-refractivity contribution is 0.390. The first kappa shape index (κ1) is 15.6. The normalized spacial score (nSPS) is 12.4. The molecule has 0 saturated carbocycles. The Hall–Kier alpha value is -1.81. The van der Waals surface area contributed by atoms with Crippen LogP contribution in [0, 0.1) is 6.92 Å². The summed E-state index contributed by atoms with van der Waals surface area (Å²) in [5.41, 5.74) is 3.87. The van der Waals surface area contributed by atoms with E-state index in [0.717, 1.165) is 30.8 Å². The van der Waals surface area contributed by atoms with E-state index in [-0.39, 0.29) is 6.04 Å². The van der Waals surface area contributed by atoms with Crippen molar-refractivity contribution in [2.75, 3.05) is 13.7 Å². The van der Waals surface area contributed by atoms with Crippen molar-refractivity contribution in [2.24, 2.45) is 7.05 Å². The molecule has 2 rings (SSSR count). The summed E-state index contributed by atoms with van der Waals surface area (Å²) in [6.45, 7) is 5.22. The predicted molar refractivity (Wildman–Crippen MR) is 85.7 cm³/mol. The highest BCUT2D eigenvalue weighted by molar-refractivity contribution is 5.30. The van der Waals surface area contributed by atoms with Crippen LogP contribution in [0.15, 0.2) is 30.5 Å². The topological polar surface area (TPSA) is 39.1 Å². The van der Waals surface area contributed by atoms with Gasteiger partial charge in [-0.3, -0.25) is 4.68 Å². The van der Waals surface area contributed by atoms with Crippen LogP contribution in [0.25, 0.3) is 0 Å². The van der Waals surface area contributed by atoms with Crippen LogP contribution in [0.4, 0.5) is 0 Å². The lowest BCUT2D eigenvalue weighted by Gasteiger charge is -2.20. The SMILES string of the molecule is CCNC(CCc1ccccc1C)c1c(OC)cnn1C. The summed E-state index contributed by atoms with van der Waals surface area (Å²) in [7, 11) is 3.67. The zero-order valence-electron chi connectivity index (χ0n) is 13.4. The molecule has 21 heavy (non-hydrogen) atoms. The van der Waals surface area contributed by atoms with Crippen molar-refractivity contribution in [3.63, 3.8) is 0 Å². The van der Waals surface area contributed by atoms with Crippen molar-refractivity contribution in [2.45, 2.75) is 32.7 Å². The van der Waals surface area contributed by atoms with Crippen LogP contribution in [0.1, 0.15) is 36.2 Å². The fraction of sp³-hybridized carbons (Fsp3) is 0.471. The van der Waals surface area contributed by atoms with Gasteiger partial charge in [-0.25, -0.2) is 0 Å². The highest BCUT2D eigenvalue weighted by Gasteiger charge is 2.20. The van der Waals surface area contributed by atoms with Gasteiger partial charge in [0, 0.05) is 7.05 Å². The van der Waals surface area contributed by atoms with Crippen molar-refractivity contribution in [1.82, 2.24) is 15.1 Å². The van der Waals surface area contributed by atoms with Gasteiger partial charge in [0.05, 0.1) is 25.0 Å². The molecule has 4 heteroatoms. The van der Waals surface area contributed by atoms with Gasteiger partial charge in [-0.1, -0.05) is 31.2 Å². The highest BCUT2D eigenvalue weighted by atomic mass is 16.5. The first-order valence-electron chi connectivity index (χ1n) is 7.51. The van der Waals surface area contributed by atoms with E-state index in [1.165, 1.54) is 11.1 Å². The largest absolute Gasteiger partial charge is 0.493 e. The van der Waals surface area contributed by atoms with E-state index in [4.69, 9.17) is 4.74 Å². The molecule has 0 amide bonds. The number of benzene rings is 1. The molecule has 1 aromatic heterocycles. The minimum absolute atomic E-state index is 0.247. The van der Waals surface area contributed by atoms with E-state index < -0.39 is 0 Å². The number of rotatable bonds is 7. The van der Waals surface area contributed by atoms with E-state index in [0.29, 0.717) is 0 Å². The molecule has 1 N–H and O–H groups in total. The molecule has 0 fully saturated rings. The smallest absolute Gasteiger partial charge is 0.161 e. The number of hydrogen-bond acceptors (Lipinski definition) is 3. The molecule has 1 atom stereocenters. The third-order valence-electron chi connectivity index (χ3n) is 3.91. The van der Waals surface area contributed by atoms with Crippen LogP contribution < -0.4 is 10.1 Å². The Kier molecular flexibility index (Phi) is 5.39. The molecular formula is C17H25N3O. The molecule has 114 valence electrons. The fourth-order valence-electron chi connectivity index (χ4n) is 2.75. The maximum atomic E-state index is 5.45. The molecule has 1 aromatic carbocycles. The molecule has 0 bridgehead atoms. The third kappa shape index (κ3) is 3.64. The van der Waals surface area contributed by atoms with Gasteiger partial charge in [0.25, 0.3) is 0 Å². The first-order valence-corrected chi connectivity index (χ1v) is 7.51. The van der Waals surface area contributed by atoms with Crippen LogP contribution in [0.3, 0.4) is 0 Å². The number of aromatic nitrogens is 2. The minimum Gasteiger partial charge on any atom is -0.493 e. The Morgan fingerprint density at radius 2 is 2.10 bits per heavy atom. The van der Waals surface area contributed by atoms with Gasteiger partial charge in [0.1, 0.15) is 0 Å². The summed E-state index contributed by atoms with van der Waals surface area (Å²) in [4.78, 5) is 0. The van der Waals surface area contributed by atoms with E-state index in [1.807, 2.05) is 11.7 Å². The van der Waals surface area contributed by atoms with Gasteiger partial charge >= 0.3 is 0 Å². The van der Waals surface area contributed by atoms with E-state index in [1.54, 1.807) is 13.3 Å². The van der Waals surface area contributed by atoms with Gasteiger partial charge in [0.2, 0.25) is 0 Å². The average molecular weight is 287 g/mol. The summed E-state index contributed by atoms with van der Waals surface area (Å²) in [5.74, 6) is 0.855. The maximum Gasteiger partial charge on any atom is 0.161 e. The lowest BCUT2D eigenvalue weighted by Crippen LogP contribution is -2.24. The molecule has 0 aliphatic rings. The molecular weight excluding hydrogens is 262 g/mol. The van der Waals surface area contributed by atoms with Crippen molar-refractivity contribution in [1.29, 1.82) is 0 Å². The molecule has 0 radical (unpaired) electrons. The molecule has 0 aliphatic carbocycles. The summed E-state index contributed by atoms with van der Waals surface area (Å²) < 4.78 is 7.35. The Bertz CT molecular complexity index is 577. The number of nitrogens with one attached hydrogen (secondary N) is 1. The zero-order valence-corrected chi connectivity index (χ0v) is 13.4. The molecule has 2 aromatic rings. The van der Waals surface area contributed by atoms with Crippen LogP contribution in [0.2, 0.25) is 0 Å². The second-order valence-corrected chi connectivity index (χ2v) is 5.30. The minimum atomic E-state index is 0.247. The zero-order chi connectivity index (χ0) is 15.2. The third-order valence-corrected chi connectivity index (χ3v) is 3.91. The second-order valence-electron chi connectivity index (χ2n) is 5.30. The van der Waals surface area contributed by atoms with Crippen LogP contribution in [0.5, 0.6) is 5.75 Å². The number of nitrogens with zero attached hydrogens (tertiary/aromatic N) is 2. The number of ether oxygens (including phenoxy) is 1. The quantitative estimate of drug-likeness (QED) is 0.851. The van der Waals surface area contributed by atoms with Crippen molar-refractivity contribution >= 4 is 0 Å². The van der Waals surface area contributed by atoms with E-state index in [2.05, 4.69) is 48.5 Å². The number of methoxy groups -OCH3 is 1. The van der Waals surface area contributed by atoms with Gasteiger partial charge in [-0.2, -0.15) is 5.10 Å². The Labute approximate surface area is 127 Å². The van der Waals surface area contributed by atoms with Crippen LogP contribution in [-0.2, 0) is 13.5 Å². The molecule has 4 nitrogen and oxygen atoms in total. The van der Waals surface area contributed by atoms with Crippen LogP contribution >= 0.6 is 0 Å². The molecule has 0 spiro atoms. The first-order chi connectivity index (χ1) is 10.2. The number of aryl methyl sites for hydroxylation is 3. The summed E-state index contributed by atoms with van der Waals surface area (Å²) in [6.07, 6.45) is 3.85. The van der Waals surface area contributed by atoms with Crippen LogP contribution in [-0.4, -0.2) is 23.4 Å². The van der Waals surface area contributed by atoms with Gasteiger partial charge in [0.15, 0.2) is 5.75 Å². The lowest BCUT2D eigenvalue weighted by atomic mass is 9.99. The van der Waals surface area contributed by atoms with Crippen molar-refractivity contribution in [3.8, 4) is 5.75 Å². The monoisotopic (exact) mass is 287 g/mol. The van der Waals surface area contributed by atoms with E-state index >= 15 is 0 Å². The number of hydrogen-bond donors (Lipinski definition) is 1. The van der Waals surface area contributed by atoms with Crippen molar-refractivity contribution < 1.29 is 4.74 Å². The molecule has 0 aliphatic heterocycles. The van der Waals surface area contributed by atoms with Gasteiger partial charge in [-0.05, 0) is 37.4 Å². The standard InChI is InChI=1S/C17H25N3O/c1-5-18-15(17-16(21-4)12-19-20(17)3)11-10-14-9-7-6-8-13(14)2/h6-9,12,15,18H,5,10-11H2,1-4H3. The fourth-order valence-corrected chi connectivity index (χ4v) is 2.75. The Balaban J connectivity index is 2.16.